The zero-order chi connectivity index (χ0) is 12.7. The first-order valence-corrected chi connectivity index (χ1v) is 6.61. The number of unbranched alkanes of at least 4 members (excludes halogenated alkanes) is 2. The molecule has 3 nitrogen and oxygen atoms in total. The molecule has 0 spiro atoms. The minimum Gasteiger partial charge on any atom is -0.393 e. The number of hydrogen-bond acceptors (Lipinski definition) is 3. The number of carbonyl (C=O) groups is 2. The zero-order valence-electron chi connectivity index (χ0n) is 10.8. The van der Waals surface area contributed by atoms with Crippen LogP contribution in [0.1, 0.15) is 52.4 Å². The normalized spacial score (nSPS) is 24.6. The van der Waals surface area contributed by atoms with E-state index in [1.807, 2.05) is 6.92 Å². The largest absolute Gasteiger partial charge is 0.393 e. The summed E-state index contributed by atoms with van der Waals surface area (Å²) in [4.78, 5) is 22.8. The summed E-state index contributed by atoms with van der Waals surface area (Å²) in [6, 6.07) is 0. The molecule has 17 heavy (non-hydrogen) atoms. The van der Waals surface area contributed by atoms with E-state index >= 15 is 0 Å². The molecule has 0 aromatic heterocycles. The van der Waals surface area contributed by atoms with E-state index in [-0.39, 0.29) is 23.8 Å². The van der Waals surface area contributed by atoms with Crippen LogP contribution >= 0.6 is 0 Å². The molecule has 0 saturated carbocycles. The third kappa shape index (κ3) is 3.99. The molecule has 0 N–H and O–H groups in total. The van der Waals surface area contributed by atoms with Gasteiger partial charge in [-0.3, -0.25) is 9.59 Å². The Morgan fingerprint density at radius 2 is 1.71 bits per heavy atom. The quantitative estimate of drug-likeness (QED) is 0.296. The van der Waals surface area contributed by atoms with E-state index in [0.717, 1.165) is 32.1 Å². The van der Waals surface area contributed by atoms with Crippen LogP contribution in [-0.4, -0.2) is 11.9 Å². The van der Waals surface area contributed by atoms with Crippen molar-refractivity contribution in [1.29, 1.82) is 0 Å². The SMILES string of the molecule is CCCC=CCCCC1C(=O)OC(=O)C1CC. The molecule has 0 aliphatic carbocycles. The fourth-order valence-corrected chi connectivity index (χ4v) is 2.21. The molecule has 3 heteroatoms. The Kier molecular flexibility index (Phi) is 5.95. The second-order valence-electron chi connectivity index (χ2n) is 4.55. The van der Waals surface area contributed by atoms with Crippen molar-refractivity contribution < 1.29 is 14.3 Å². The molecule has 0 aromatic carbocycles. The van der Waals surface area contributed by atoms with Gasteiger partial charge in [0.25, 0.3) is 0 Å². The Labute approximate surface area is 103 Å². The van der Waals surface area contributed by atoms with E-state index in [1.54, 1.807) is 0 Å². The fraction of sp³-hybridized carbons (Fsp3) is 0.714. The Morgan fingerprint density at radius 3 is 2.35 bits per heavy atom. The Morgan fingerprint density at radius 1 is 1.06 bits per heavy atom. The van der Waals surface area contributed by atoms with E-state index < -0.39 is 0 Å². The Balaban J connectivity index is 2.30. The maximum absolute atomic E-state index is 11.5. The maximum Gasteiger partial charge on any atom is 0.317 e. The third-order valence-corrected chi connectivity index (χ3v) is 3.24. The molecule has 0 aromatic rings. The Hall–Kier alpha value is -1.12. The van der Waals surface area contributed by atoms with Crippen molar-refractivity contribution in [1.82, 2.24) is 0 Å². The van der Waals surface area contributed by atoms with Gasteiger partial charge >= 0.3 is 11.9 Å². The van der Waals surface area contributed by atoms with Gasteiger partial charge in [-0.15, -0.1) is 0 Å². The molecule has 1 aliphatic heterocycles. The predicted molar refractivity (Wildman–Crippen MR) is 66.3 cm³/mol. The molecule has 0 radical (unpaired) electrons. The minimum absolute atomic E-state index is 0.202. The second kappa shape index (κ2) is 7.25. The van der Waals surface area contributed by atoms with Gasteiger partial charge < -0.3 is 4.74 Å². The van der Waals surface area contributed by atoms with Crippen molar-refractivity contribution in [3.05, 3.63) is 12.2 Å². The summed E-state index contributed by atoms with van der Waals surface area (Å²) in [6.45, 7) is 4.08. The van der Waals surface area contributed by atoms with Gasteiger partial charge in [-0.25, -0.2) is 0 Å². The van der Waals surface area contributed by atoms with Gasteiger partial charge in [0.05, 0.1) is 11.8 Å². The van der Waals surface area contributed by atoms with Crippen molar-refractivity contribution in [3.8, 4) is 0 Å². The monoisotopic (exact) mass is 238 g/mol. The average Bonchev–Trinajstić information content (AvgIpc) is 2.58. The highest BCUT2D eigenvalue weighted by atomic mass is 16.6. The molecular weight excluding hydrogens is 216 g/mol. The highest BCUT2D eigenvalue weighted by Gasteiger charge is 2.42. The molecule has 0 amide bonds. The van der Waals surface area contributed by atoms with Crippen LogP contribution in [0, 0.1) is 11.8 Å². The number of carbonyl (C=O) groups excluding carboxylic acids is 2. The van der Waals surface area contributed by atoms with Gasteiger partial charge in [0.2, 0.25) is 0 Å². The lowest BCUT2D eigenvalue weighted by Crippen LogP contribution is -2.16. The Bertz CT molecular complexity index is 294. The third-order valence-electron chi connectivity index (χ3n) is 3.24. The van der Waals surface area contributed by atoms with Gasteiger partial charge in [0, 0.05) is 0 Å². The first-order valence-electron chi connectivity index (χ1n) is 6.61. The molecule has 96 valence electrons. The summed E-state index contributed by atoms with van der Waals surface area (Å²) in [5.74, 6) is -1.06. The zero-order valence-corrected chi connectivity index (χ0v) is 10.8. The molecule has 1 rings (SSSR count). The topological polar surface area (TPSA) is 43.4 Å². The van der Waals surface area contributed by atoms with Crippen LogP contribution in [0.5, 0.6) is 0 Å². The van der Waals surface area contributed by atoms with E-state index in [1.165, 1.54) is 0 Å². The van der Waals surface area contributed by atoms with Crippen molar-refractivity contribution in [2.45, 2.75) is 52.4 Å². The highest BCUT2D eigenvalue weighted by Crippen LogP contribution is 2.30. The van der Waals surface area contributed by atoms with Crippen molar-refractivity contribution in [3.63, 3.8) is 0 Å². The molecule has 1 saturated heterocycles. The van der Waals surface area contributed by atoms with E-state index in [2.05, 4.69) is 23.8 Å². The summed E-state index contributed by atoms with van der Waals surface area (Å²) in [6.07, 6.45) is 10.0. The number of ether oxygens (including phenoxy) is 1. The summed E-state index contributed by atoms with van der Waals surface area (Å²) in [7, 11) is 0. The molecule has 2 unspecified atom stereocenters. The lowest BCUT2D eigenvalue weighted by atomic mass is 9.88. The summed E-state index contributed by atoms with van der Waals surface area (Å²) < 4.78 is 4.68. The fourth-order valence-electron chi connectivity index (χ4n) is 2.21. The first-order chi connectivity index (χ1) is 8.20. The van der Waals surface area contributed by atoms with E-state index in [4.69, 9.17) is 0 Å². The van der Waals surface area contributed by atoms with Crippen LogP contribution in [0.25, 0.3) is 0 Å². The summed E-state index contributed by atoms with van der Waals surface area (Å²) >= 11 is 0. The van der Waals surface area contributed by atoms with Gasteiger partial charge in [-0.1, -0.05) is 32.4 Å². The van der Waals surface area contributed by atoms with E-state index in [9.17, 15) is 9.59 Å². The highest BCUT2D eigenvalue weighted by molar-refractivity contribution is 5.96. The maximum atomic E-state index is 11.5. The molecule has 0 bridgehead atoms. The molecular formula is C14H22O3. The van der Waals surface area contributed by atoms with Gasteiger partial charge in [-0.2, -0.15) is 0 Å². The lowest BCUT2D eigenvalue weighted by molar-refractivity contribution is -0.153. The van der Waals surface area contributed by atoms with Crippen LogP contribution < -0.4 is 0 Å². The molecule has 2 atom stereocenters. The summed E-state index contributed by atoms with van der Waals surface area (Å²) in [5.41, 5.74) is 0. The van der Waals surface area contributed by atoms with Crippen molar-refractivity contribution >= 4 is 11.9 Å². The van der Waals surface area contributed by atoms with Crippen LogP contribution in [-0.2, 0) is 14.3 Å². The predicted octanol–water partition coefficient (Wildman–Crippen LogP) is 3.24. The average molecular weight is 238 g/mol. The number of allylic oxidation sites excluding steroid dienone is 2. The lowest BCUT2D eigenvalue weighted by Gasteiger charge is -2.10. The van der Waals surface area contributed by atoms with Crippen molar-refractivity contribution in [2.75, 3.05) is 0 Å². The number of rotatable bonds is 7. The molecule has 1 heterocycles. The van der Waals surface area contributed by atoms with Crippen LogP contribution in [0.3, 0.4) is 0 Å². The van der Waals surface area contributed by atoms with Crippen LogP contribution in [0.2, 0.25) is 0 Å². The first kappa shape index (κ1) is 13.9. The number of cyclic esters (lactones) is 2. The van der Waals surface area contributed by atoms with Crippen LogP contribution in [0.15, 0.2) is 12.2 Å². The van der Waals surface area contributed by atoms with E-state index in [0.29, 0.717) is 6.42 Å². The molecule has 1 fully saturated rings. The smallest absolute Gasteiger partial charge is 0.317 e. The number of esters is 2. The summed E-state index contributed by atoms with van der Waals surface area (Å²) in [5, 5.41) is 0. The molecule has 1 aliphatic rings. The number of hydrogen-bond donors (Lipinski definition) is 0. The van der Waals surface area contributed by atoms with Crippen molar-refractivity contribution in [2.24, 2.45) is 11.8 Å². The standard InChI is InChI=1S/C14H22O3/c1-3-5-6-7-8-9-10-12-11(4-2)13(15)17-14(12)16/h6-7,11-12H,3-5,8-10H2,1-2H3. The van der Waals surface area contributed by atoms with Gasteiger partial charge in [0.15, 0.2) is 0 Å². The minimum atomic E-state index is -0.330. The second-order valence-corrected chi connectivity index (χ2v) is 4.55. The van der Waals surface area contributed by atoms with Gasteiger partial charge in [0.1, 0.15) is 0 Å². The van der Waals surface area contributed by atoms with Gasteiger partial charge in [-0.05, 0) is 32.1 Å². The van der Waals surface area contributed by atoms with Crippen LogP contribution in [0.4, 0.5) is 0 Å².